The van der Waals surface area contributed by atoms with Crippen LogP contribution in [-0.4, -0.2) is 101 Å². The van der Waals surface area contributed by atoms with Crippen LogP contribution in [0.2, 0.25) is 0 Å². The smallest absolute Gasteiger partial charge is 0.233 e. The lowest BCUT2D eigenvalue weighted by Gasteiger charge is -2.37. The van der Waals surface area contributed by atoms with Gasteiger partial charge in [-0.1, -0.05) is 11.8 Å². The van der Waals surface area contributed by atoms with E-state index in [1.54, 1.807) is 0 Å². The van der Waals surface area contributed by atoms with Gasteiger partial charge in [-0.3, -0.25) is 14.3 Å². The molecular weight excluding hydrogens is 436 g/mol. The minimum Gasteiger partial charge on any atom is -0.341 e. The minimum absolute atomic E-state index is 0.127. The Morgan fingerprint density at radius 1 is 0.935 bits per heavy atom. The summed E-state index contributed by atoms with van der Waals surface area (Å²) >= 11 is 1.51. The lowest BCUT2D eigenvalue weighted by atomic mass is 10.1. The molecule has 1 atom stereocenters. The van der Waals surface area contributed by atoms with Gasteiger partial charge in [0.05, 0.1) is 17.3 Å². The fourth-order valence-electron chi connectivity index (χ4n) is 4.95. The van der Waals surface area contributed by atoms with Crippen molar-refractivity contribution in [2.24, 2.45) is 0 Å². The Kier molecular flexibility index (Phi) is 6.17. The highest BCUT2D eigenvalue weighted by atomic mass is 32.2. The number of hydrogen-bond donors (Lipinski definition) is 0. The molecule has 1 amide bonds. The predicted molar refractivity (Wildman–Crippen MR) is 120 cm³/mol. The van der Waals surface area contributed by atoms with Crippen LogP contribution >= 0.6 is 11.8 Å². The van der Waals surface area contributed by atoms with E-state index in [1.165, 1.54) is 43.9 Å². The lowest BCUT2D eigenvalue weighted by Crippen LogP contribution is -2.52. The maximum atomic E-state index is 12.8. The van der Waals surface area contributed by atoms with Crippen molar-refractivity contribution < 1.29 is 13.2 Å². The quantitative estimate of drug-likeness (QED) is 0.572. The second kappa shape index (κ2) is 8.90. The Morgan fingerprint density at radius 2 is 1.68 bits per heavy atom. The van der Waals surface area contributed by atoms with Crippen molar-refractivity contribution in [2.75, 3.05) is 61.4 Å². The number of anilines is 1. The zero-order valence-electron chi connectivity index (χ0n) is 18.0. The van der Waals surface area contributed by atoms with Gasteiger partial charge in [0, 0.05) is 51.4 Å². The number of piperazine rings is 1. The van der Waals surface area contributed by atoms with E-state index < -0.39 is 9.84 Å². The van der Waals surface area contributed by atoms with E-state index in [2.05, 4.69) is 24.6 Å². The number of carbonyl (C=O) groups is 1. The van der Waals surface area contributed by atoms with Crippen LogP contribution in [0.15, 0.2) is 5.16 Å². The fourth-order valence-corrected chi connectivity index (χ4v) is 7.61. The molecule has 1 aromatic rings. The SMILES string of the molecule is O=C(CSc1nnc(N2CCCCC2)n1C1CC1)N1CCN(C2CCS(=O)(=O)C2)CC1. The summed E-state index contributed by atoms with van der Waals surface area (Å²) in [5, 5.41) is 9.81. The van der Waals surface area contributed by atoms with Gasteiger partial charge in [-0.25, -0.2) is 8.42 Å². The molecule has 1 aliphatic carbocycles. The summed E-state index contributed by atoms with van der Waals surface area (Å²) < 4.78 is 25.8. The second-order valence-electron chi connectivity index (χ2n) is 9.19. The standard InChI is InChI=1S/C20H32N6O3S2/c27-18(24-11-9-23(10-12-24)17-6-13-31(28,29)15-17)14-30-20-22-21-19(26(20)16-4-5-16)25-7-2-1-3-8-25/h16-17H,1-15H2. The molecule has 5 rings (SSSR count). The van der Waals surface area contributed by atoms with Crippen LogP contribution in [0, 0.1) is 0 Å². The Morgan fingerprint density at radius 3 is 2.32 bits per heavy atom. The molecule has 1 saturated carbocycles. The van der Waals surface area contributed by atoms with Crippen molar-refractivity contribution in [3.05, 3.63) is 0 Å². The van der Waals surface area contributed by atoms with E-state index in [1.807, 2.05) is 4.90 Å². The average Bonchev–Trinajstić information content (AvgIpc) is 3.43. The number of sulfone groups is 1. The summed E-state index contributed by atoms with van der Waals surface area (Å²) in [6, 6.07) is 0.609. The molecule has 0 spiro atoms. The third kappa shape index (κ3) is 4.88. The number of aromatic nitrogens is 3. The molecule has 1 unspecified atom stereocenters. The van der Waals surface area contributed by atoms with Crippen molar-refractivity contribution in [1.82, 2.24) is 24.6 Å². The Hall–Kier alpha value is -1.33. The highest BCUT2D eigenvalue weighted by Crippen LogP contribution is 2.41. The third-order valence-electron chi connectivity index (χ3n) is 6.91. The van der Waals surface area contributed by atoms with E-state index >= 15 is 0 Å². The molecule has 9 nitrogen and oxygen atoms in total. The van der Waals surface area contributed by atoms with Gasteiger partial charge >= 0.3 is 0 Å². The van der Waals surface area contributed by atoms with Crippen molar-refractivity contribution in [2.45, 2.75) is 55.8 Å². The first-order valence-electron chi connectivity index (χ1n) is 11.5. The van der Waals surface area contributed by atoms with E-state index in [9.17, 15) is 13.2 Å². The van der Waals surface area contributed by atoms with Gasteiger partial charge in [-0.05, 0) is 38.5 Å². The van der Waals surface area contributed by atoms with Crippen LogP contribution in [0.5, 0.6) is 0 Å². The van der Waals surface area contributed by atoms with Gasteiger partial charge in [0.2, 0.25) is 11.9 Å². The van der Waals surface area contributed by atoms with Crippen molar-refractivity contribution >= 4 is 33.5 Å². The van der Waals surface area contributed by atoms with Crippen LogP contribution in [0.3, 0.4) is 0 Å². The Balaban J connectivity index is 1.15. The molecular formula is C20H32N6O3S2. The first kappa shape index (κ1) is 21.5. The van der Waals surface area contributed by atoms with Crippen LogP contribution in [0.4, 0.5) is 5.95 Å². The molecule has 4 aliphatic rings. The van der Waals surface area contributed by atoms with E-state index in [-0.39, 0.29) is 17.7 Å². The normalized spacial score (nSPS) is 27.0. The zero-order chi connectivity index (χ0) is 21.4. The number of amides is 1. The van der Waals surface area contributed by atoms with Crippen molar-refractivity contribution in [1.29, 1.82) is 0 Å². The summed E-state index contributed by atoms with van der Waals surface area (Å²) in [4.78, 5) is 19.3. The van der Waals surface area contributed by atoms with Crippen molar-refractivity contribution in [3.63, 3.8) is 0 Å². The van der Waals surface area contributed by atoms with Gasteiger partial charge in [0.15, 0.2) is 15.0 Å². The summed E-state index contributed by atoms with van der Waals surface area (Å²) in [6.45, 7) is 4.94. The van der Waals surface area contributed by atoms with Crippen LogP contribution in [0.1, 0.15) is 44.6 Å². The van der Waals surface area contributed by atoms with Crippen LogP contribution in [0.25, 0.3) is 0 Å². The Labute approximate surface area is 188 Å². The topological polar surface area (TPSA) is 91.6 Å². The average molecular weight is 469 g/mol. The molecule has 11 heteroatoms. The fraction of sp³-hybridized carbons (Fsp3) is 0.850. The van der Waals surface area contributed by atoms with Gasteiger partial charge in [-0.15, -0.1) is 10.2 Å². The largest absolute Gasteiger partial charge is 0.341 e. The number of piperidine rings is 1. The lowest BCUT2D eigenvalue weighted by molar-refractivity contribution is -0.130. The van der Waals surface area contributed by atoms with Gasteiger partial charge in [0.25, 0.3) is 0 Å². The van der Waals surface area contributed by atoms with Crippen LogP contribution in [-0.2, 0) is 14.6 Å². The molecule has 0 radical (unpaired) electrons. The number of thioether (sulfide) groups is 1. The molecule has 3 saturated heterocycles. The predicted octanol–water partition coefficient (Wildman–Crippen LogP) is 1.03. The van der Waals surface area contributed by atoms with E-state index in [4.69, 9.17) is 0 Å². The van der Waals surface area contributed by atoms with Gasteiger partial charge in [-0.2, -0.15) is 0 Å². The zero-order valence-corrected chi connectivity index (χ0v) is 19.6. The van der Waals surface area contributed by atoms with Crippen LogP contribution < -0.4 is 4.90 Å². The number of carbonyl (C=O) groups excluding carboxylic acids is 1. The minimum atomic E-state index is -2.87. The molecule has 1 aromatic heterocycles. The molecule has 3 aliphatic heterocycles. The number of rotatable bonds is 6. The number of nitrogens with zero attached hydrogens (tertiary/aromatic N) is 6. The molecule has 4 heterocycles. The van der Waals surface area contributed by atoms with Gasteiger partial charge < -0.3 is 9.80 Å². The highest BCUT2D eigenvalue weighted by Gasteiger charge is 2.35. The maximum absolute atomic E-state index is 12.8. The van der Waals surface area contributed by atoms with Crippen molar-refractivity contribution in [3.8, 4) is 0 Å². The first-order chi connectivity index (χ1) is 15.0. The second-order valence-corrected chi connectivity index (χ2v) is 12.4. The van der Waals surface area contributed by atoms with E-state index in [0.717, 1.165) is 43.7 Å². The Bertz CT molecular complexity index is 902. The molecule has 0 N–H and O–H groups in total. The highest BCUT2D eigenvalue weighted by molar-refractivity contribution is 7.99. The monoisotopic (exact) mass is 468 g/mol. The maximum Gasteiger partial charge on any atom is 0.233 e. The molecule has 0 bridgehead atoms. The summed E-state index contributed by atoms with van der Waals surface area (Å²) in [7, 11) is -2.87. The third-order valence-corrected chi connectivity index (χ3v) is 9.59. The summed E-state index contributed by atoms with van der Waals surface area (Å²) in [5.41, 5.74) is 0. The molecule has 4 fully saturated rings. The summed E-state index contributed by atoms with van der Waals surface area (Å²) in [5.74, 6) is 2.07. The molecule has 31 heavy (non-hydrogen) atoms. The number of hydrogen-bond acceptors (Lipinski definition) is 8. The summed E-state index contributed by atoms with van der Waals surface area (Å²) in [6.07, 6.45) is 6.75. The first-order valence-corrected chi connectivity index (χ1v) is 14.4. The van der Waals surface area contributed by atoms with Gasteiger partial charge in [0.1, 0.15) is 0 Å². The molecule has 172 valence electrons. The van der Waals surface area contributed by atoms with E-state index in [0.29, 0.717) is 30.6 Å². The molecule has 0 aromatic carbocycles.